The Hall–Kier alpha value is -1.67. The van der Waals surface area contributed by atoms with Gasteiger partial charge in [-0.1, -0.05) is 36.7 Å². The zero-order valence-corrected chi connectivity index (χ0v) is 18.2. The molecule has 2 aromatic carbocycles. The van der Waals surface area contributed by atoms with Crippen molar-refractivity contribution in [3.63, 3.8) is 0 Å². The van der Waals surface area contributed by atoms with E-state index < -0.39 is 30.0 Å². The van der Waals surface area contributed by atoms with Gasteiger partial charge in [0.15, 0.2) is 0 Å². The van der Waals surface area contributed by atoms with E-state index >= 15 is 0 Å². The number of halogens is 1. The third-order valence-corrected chi connectivity index (χ3v) is 6.09. The quantitative estimate of drug-likeness (QED) is 0.618. The van der Waals surface area contributed by atoms with E-state index in [4.69, 9.17) is 25.8 Å². The first-order chi connectivity index (χ1) is 14.4. The van der Waals surface area contributed by atoms with Crippen molar-refractivity contribution in [3.05, 3.63) is 64.2 Å². The van der Waals surface area contributed by atoms with E-state index in [0.717, 1.165) is 16.9 Å². The van der Waals surface area contributed by atoms with Gasteiger partial charge >= 0.3 is 0 Å². The van der Waals surface area contributed by atoms with Crippen molar-refractivity contribution < 1.29 is 29.5 Å². The highest BCUT2D eigenvalue weighted by atomic mass is 35.5. The molecule has 6 nitrogen and oxygen atoms in total. The number of aliphatic hydroxyl groups excluding tert-OH is 3. The van der Waals surface area contributed by atoms with E-state index in [9.17, 15) is 15.3 Å². The fourth-order valence-electron chi connectivity index (χ4n) is 3.88. The van der Waals surface area contributed by atoms with Crippen LogP contribution in [0.15, 0.2) is 42.5 Å². The van der Waals surface area contributed by atoms with Gasteiger partial charge in [-0.2, -0.15) is 0 Å². The number of hydrogen-bond donors (Lipinski definition) is 3. The summed E-state index contributed by atoms with van der Waals surface area (Å²) in [4.78, 5) is 0. The summed E-state index contributed by atoms with van der Waals surface area (Å²) in [6, 6.07) is 13.0. The Labute approximate surface area is 182 Å². The molecule has 1 fully saturated rings. The summed E-state index contributed by atoms with van der Waals surface area (Å²) in [6.07, 6.45) is -2.59. The minimum absolute atomic E-state index is 0.303. The number of hydrogen-bond acceptors (Lipinski definition) is 6. The number of rotatable bonds is 7. The van der Waals surface area contributed by atoms with Gasteiger partial charge < -0.3 is 29.5 Å². The zero-order valence-electron chi connectivity index (χ0n) is 17.4. The minimum atomic E-state index is -1.61. The van der Waals surface area contributed by atoms with Crippen LogP contribution in [-0.2, 0) is 21.7 Å². The van der Waals surface area contributed by atoms with Gasteiger partial charge in [-0.25, -0.2) is 0 Å². The molecule has 3 N–H and O–H groups in total. The summed E-state index contributed by atoms with van der Waals surface area (Å²) in [7, 11) is 1.40. The predicted octanol–water partition coefficient (Wildman–Crippen LogP) is 2.88. The summed E-state index contributed by atoms with van der Waals surface area (Å²) in [5.41, 5.74) is 2.38. The van der Waals surface area contributed by atoms with Gasteiger partial charge in [0.25, 0.3) is 0 Å². The summed E-state index contributed by atoms with van der Waals surface area (Å²) in [5.74, 6) is -1.27. The highest BCUT2D eigenvalue weighted by molar-refractivity contribution is 6.31. The summed E-state index contributed by atoms with van der Waals surface area (Å²) in [5, 5.41) is 31.6. The lowest BCUT2D eigenvalue weighted by Crippen LogP contribution is -2.61. The summed E-state index contributed by atoms with van der Waals surface area (Å²) in [6.45, 7) is 3.95. The molecule has 0 aromatic heterocycles. The van der Waals surface area contributed by atoms with E-state index in [2.05, 4.69) is 0 Å². The third-order valence-electron chi connectivity index (χ3n) is 5.72. The van der Waals surface area contributed by atoms with Gasteiger partial charge in [0.05, 0.1) is 25.4 Å². The Morgan fingerprint density at radius 3 is 2.43 bits per heavy atom. The van der Waals surface area contributed by atoms with Crippen LogP contribution in [0.1, 0.15) is 30.5 Å². The maximum Gasteiger partial charge on any atom is 0.224 e. The van der Waals surface area contributed by atoms with Crippen LogP contribution >= 0.6 is 11.6 Å². The fourth-order valence-corrected chi connectivity index (χ4v) is 4.06. The SMILES string of the molecule is CCOc1ccc(Cc2cc([C@]3(OC)O[C@H](CO)[C@@H](C)[C@H](O)[C@H]3O)ccc2Cl)cc1. The van der Waals surface area contributed by atoms with Crippen LogP contribution in [0.2, 0.25) is 5.02 Å². The number of aliphatic hydroxyl groups is 3. The molecular weight excluding hydrogens is 408 g/mol. The number of ether oxygens (including phenoxy) is 3. The number of methoxy groups -OCH3 is 1. The van der Waals surface area contributed by atoms with E-state index in [-0.39, 0.29) is 6.61 Å². The molecule has 0 spiro atoms. The molecule has 1 aliphatic rings. The molecule has 0 radical (unpaired) electrons. The van der Waals surface area contributed by atoms with Crippen molar-refractivity contribution in [1.29, 1.82) is 0 Å². The molecular formula is C23H29ClO6. The average Bonchev–Trinajstić information content (AvgIpc) is 2.76. The normalized spacial score (nSPS) is 29.0. The molecule has 2 aromatic rings. The molecule has 30 heavy (non-hydrogen) atoms. The van der Waals surface area contributed by atoms with Gasteiger partial charge in [-0.15, -0.1) is 0 Å². The van der Waals surface area contributed by atoms with Crippen LogP contribution in [0, 0.1) is 5.92 Å². The molecule has 5 atom stereocenters. The first-order valence-corrected chi connectivity index (χ1v) is 10.4. The zero-order chi connectivity index (χ0) is 21.9. The lowest BCUT2D eigenvalue weighted by Gasteiger charge is -2.48. The second kappa shape index (κ2) is 9.64. The molecule has 0 amide bonds. The Morgan fingerprint density at radius 1 is 1.13 bits per heavy atom. The highest BCUT2D eigenvalue weighted by Gasteiger charge is 2.54. The maximum atomic E-state index is 10.8. The first-order valence-electron chi connectivity index (χ1n) is 10.1. The Bertz CT molecular complexity index is 840. The van der Waals surface area contributed by atoms with Crippen LogP contribution in [0.3, 0.4) is 0 Å². The molecule has 0 aliphatic carbocycles. The van der Waals surface area contributed by atoms with Crippen molar-refractivity contribution in [2.45, 2.75) is 44.4 Å². The topological polar surface area (TPSA) is 88.4 Å². The maximum absolute atomic E-state index is 10.8. The molecule has 1 heterocycles. The van der Waals surface area contributed by atoms with Crippen molar-refractivity contribution in [3.8, 4) is 5.75 Å². The Balaban J connectivity index is 1.94. The van der Waals surface area contributed by atoms with E-state index in [1.54, 1.807) is 19.1 Å². The van der Waals surface area contributed by atoms with Crippen molar-refractivity contribution >= 4 is 11.6 Å². The number of benzene rings is 2. The largest absolute Gasteiger partial charge is 0.494 e. The van der Waals surface area contributed by atoms with Gasteiger partial charge in [0.1, 0.15) is 11.9 Å². The second-order valence-corrected chi connectivity index (χ2v) is 7.97. The van der Waals surface area contributed by atoms with Crippen LogP contribution in [0.5, 0.6) is 5.75 Å². The standard InChI is InChI=1S/C23H29ClO6/c1-4-29-18-8-5-15(6-9-18)11-16-12-17(7-10-19(16)24)23(28-3)22(27)21(26)14(2)20(13-25)30-23/h5-10,12,14,20-22,25-27H,4,11,13H2,1-3H3/t14-,20-,21+,22-,23+/m1/s1. The molecule has 7 heteroatoms. The smallest absolute Gasteiger partial charge is 0.224 e. The molecule has 0 saturated carbocycles. The average molecular weight is 437 g/mol. The fraction of sp³-hybridized carbons (Fsp3) is 0.478. The third kappa shape index (κ3) is 4.35. The molecule has 1 saturated heterocycles. The Morgan fingerprint density at radius 2 is 1.83 bits per heavy atom. The van der Waals surface area contributed by atoms with Crippen LogP contribution < -0.4 is 4.74 Å². The van der Waals surface area contributed by atoms with Crippen molar-refractivity contribution in [2.24, 2.45) is 5.92 Å². The minimum Gasteiger partial charge on any atom is -0.494 e. The van der Waals surface area contributed by atoms with E-state index in [1.807, 2.05) is 37.3 Å². The van der Waals surface area contributed by atoms with E-state index in [1.165, 1.54) is 7.11 Å². The molecule has 1 aliphatic heterocycles. The van der Waals surface area contributed by atoms with Crippen LogP contribution in [-0.4, -0.2) is 54.0 Å². The lowest BCUT2D eigenvalue weighted by atomic mass is 9.83. The van der Waals surface area contributed by atoms with Gasteiger partial charge in [0.2, 0.25) is 5.79 Å². The Kier molecular flexibility index (Phi) is 7.39. The predicted molar refractivity (Wildman–Crippen MR) is 114 cm³/mol. The second-order valence-electron chi connectivity index (χ2n) is 7.56. The van der Waals surface area contributed by atoms with Crippen molar-refractivity contribution in [2.75, 3.05) is 20.3 Å². The first kappa shape index (κ1) is 23.0. The van der Waals surface area contributed by atoms with E-state index in [0.29, 0.717) is 23.6 Å². The molecule has 0 bridgehead atoms. The molecule has 164 valence electrons. The van der Waals surface area contributed by atoms with Gasteiger partial charge in [-0.3, -0.25) is 0 Å². The van der Waals surface area contributed by atoms with Crippen LogP contribution in [0.4, 0.5) is 0 Å². The van der Waals surface area contributed by atoms with Gasteiger partial charge in [-0.05, 0) is 48.7 Å². The monoisotopic (exact) mass is 436 g/mol. The molecule has 3 rings (SSSR count). The summed E-state index contributed by atoms with van der Waals surface area (Å²) < 4.78 is 17.1. The molecule has 0 unspecified atom stereocenters. The van der Waals surface area contributed by atoms with Crippen LogP contribution in [0.25, 0.3) is 0 Å². The highest BCUT2D eigenvalue weighted by Crippen LogP contribution is 2.42. The lowest BCUT2D eigenvalue weighted by molar-refractivity contribution is -0.358. The summed E-state index contributed by atoms with van der Waals surface area (Å²) >= 11 is 6.44. The van der Waals surface area contributed by atoms with Gasteiger partial charge in [0, 0.05) is 23.6 Å². The van der Waals surface area contributed by atoms with Crippen molar-refractivity contribution in [1.82, 2.24) is 0 Å².